The van der Waals surface area contributed by atoms with Crippen LogP contribution in [-0.2, 0) is 11.3 Å². The molecular weight excluding hydrogens is 314 g/mol. The summed E-state index contributed by atoms with van der Waals surface area (Å²) in [6, 6.07) is 20.4. The van der Waals surface area contributed by atoms with Gasteiger partial charge in [-0.2, -0.15) is 0 Å². The first-order valence-corrected chi connectivity index (χ1v) is 8.64. The van der Waals surface area contributed by atoms with Crippen LogP contribution in [0.4, 0.5) is 4.79 Å². The Morgan fingerprint density at radius 1 is 1.00 bits per heavy atom. The van der Waals surface area contributed by atoms with Gasteiger partial charge in [-0.1, -0.05) is 48.5 Å². The van der Waals surface area contributed by atoms with Crippen molar-refractivity contribution < 1.29 is 14.3 Å². The number of carbonyl (C=O) groups is 1. The highest BCUT2D eigenvalue weighted by Crippen LogP contribution is 2.19. The quantitative estimate of drug-likeness (QED) is 0.857. The van der Waals surface area contributed by atoms with E-state index in [1.54, 1.807) is 0 Å². The Morgan fingerprint density at radius 2 is 1.56 bits per heavy atom. The van der Waals surface area contributed by atoms with Crippen LogP contribution < -0.4 is 10.1 Å². The van der Waals surface area contributed by atoms with Crippen molar-refractivity contribution in [3.8, 4) is 5.75 Å². The van der Waals surface area contributed by atoms with Crippen LogP contribution in [0.25, 0.3) is 0 Å². The second-order valence-electron chi connectivity index (χ2n) is 7.01. The van der Waals surface area contributed by atoms with Crippen molar-refractivity contribution in [2.45, 2.75) is 51.9 Å². The SMILES string of the molecule is CC(C)(C)OC(=O)NC1CC1.c1ccc(COc2ccccc2)cc1. The average molecular weight is 341 g/mol. The van der Waals surface area contributed by atoms with Crippen LogP contribution in [0, 0.1) is 0 Å². The number of para-hydroxylation sites is 1. The summed E-state index contributed by atoms with van der Waals surface area (Å²) in [4.78, 5) is 11.0. The van der Waals surface area contributed by atoms with Gasteiger partial charge in [-0.05, 0) is 51.3 Å². The monoisotopic (exact) mass is 341 g/mol. The molecule has 1 aliphatic carbocycles. The van der Waals surface area contributed by atoms with Gasteiger partial charge in [-0.3, -0.25) is 0 Å². The third-order valence-electron chi connectivity index (χ3n) is 3.29. The highest BCUT2D eigenvalue weighted by Gasteiger charge is 2.25. The first-order chi connectivity index (χ1) is 11.9. The van der Waals surface area contributed by atoms with Crippen molar-refractivity contribution in [2.24, 2.45) is 0 Å². The highest BCUT2D eigenvalue weighted by molar-refractivity contribution is 5.68. The Labute approximate surface area is 150 Å². The molecule has 0 spiro atoms. The lowest BCUT2D eigenvalue weighted by molar-refractivity contribution is 0.0524. The van der Waals surface area contributed by atoms with E-state index < -0.39 is 0 Å². The van der Waals surface area contributed by atoms with Gasteiger partial charge >= 0.3 is 6.09 Å². The highest BCUT2D eigenvalue weighted by atomic mass is 16.6. The van der Waals surface area contributed by atoms with Crippen molar-refractivity contribution in [3.63, 3.8) is 0 Å². The molecule has 0 atom stereocenters. The number of rotatable bonds is 4. The fourth-order valence-electron chi connectivity index (χ4n) is 1.96. The van der Waals surface area contributed by atoms with Crippen molar-refractivity contribution in [1.29, 1.82) is 0 Å². The molecule has 0 saturated heterocycles. The molecule has 1 aliphatic rings. The molecular formula is C21H27NO3. The van der Waals surface area contributed by atoms with E-state index in [-0.39, 0.29) is 11.7 Å². The van der Waals surface area contributed by atoms with E-state index in [0.717, 1.165) is 18.6 Å². The molecule has 4 heteroatoms. The molecule has 0 aliphatic heterocycles. The first-order valence-electron chi connectivity index (χ1n) is 8.64. The molecule has 1 amide bonds. The number of benzene rings is 2. The second-order valence-corrected chi connectivity index (χ2v) is 7.01. The Hall–Kier alpha value is -2.49. The standard InChI is InChI=1S/C13H12O.C8H15NO2/c1-3-7-12(8-4-1)11-14-13-9-5-2-6-10-13;1-8(2,3)11-7(10)9-6-4-5-6/h1-10H,11H2;6H,4-5H2,1-3H3,(H,9,10). The molecule has 0 aromatic heterocycles. The van der Waals surface area contributed by atoms with Crippen LogP contribution in [-0.4, -0.2) is 17.7 Å². The zero-order valence-corrected chi connectivity index (χ0v) is 15.2. The summed E-state index contributed by atoms with van der Waals surface area (Å²) in [5, 5.41) is 2.75. The van der Waals surface area contributed by atoms with E-state index in [9.17, 15) is 4.79 Å². The molecule has 0 radical (unpaired) electrons. The third-order valence-corrected chi connectivity index (χ3v) is 3.29. The van der Waals surface area contributed by atoms with E-state index in [0.29, 0.717) is 12.6 Å². The average Bonchev–Trinajstić information content (AvgIpc) is 3.37. The minimum atomic E-state index is -0.376. The zero-order valence-electron chi connectivity index (χ0n) is 15.2. The normalized spacial score (nSPS) is 13.2. The predicted molar refractivity (Wildman–Crippen MR) is 99.6 cm³/mol. The summed E-state index contributed by atoms with van der Waals surface area (Å²) in [6.45, 7) is 6.21. The van der Waals surface area contributed by atoms with Crippen LogP contribution >= 0.6 is 0 Å². The summed E-state index contributed by atoms with van der Waals surface area (Å²) in [5.41, 5.74) is 0.815. The van der Waals surface area contributed by atoms with E-state index in [2.05, 4.69) is 17.4 Å². The maximum Gasteiger partial charge on any atom is 0.407 e. The van der Waals surface area contributed by atoms with Crippen LogP contribution in [0.15, 0.2) is 60.7 Å². The van der Waals surface area contributed by atoms with Gasteiger partial charge in [0, 0.05) is 6.04 Å². The topological polar surface area (TPSA) is 47.6 Å². The van der Waals surface area contributed by atoms with Gasteiger partial charge in [0.05, 0.1) is 0 Å². The van der Waals surface area contributed by atoms with Crippen molar-refractivity contribution in [3.05, 3.63) is 66.2 Å². The maximum atomic E-state index is 11.0. The molecule has 0 heterocycles. The predicted octanol–water partition coefficient (Wildman–Crippen LogP) is 4.94. The molecule has 1 saturated carbocycles. The Kier molecular flexibility index (Phi) is 6.87. The minimum absolute atomic E-state index is 0.292. The number of hydrogen-bond acceptors (Lipinski definition) is 3. The van der Waals surface area contributed by atoms with Crippen LogP contribution in [0.5, 0.6) is 5.75 Å². The number of nitrogens with one attached hydrogen (secondary N) is 1. The Bertz CT molecular complexity index is 592. The van der Waals surface area contributed by atoms with Gasteiger partial charge in [-0.25, -0.2) is 4.79 Å². The second kappa shape index (κ2) is 9.11. The molecule has 4 nitrogen and oxygen atoms in total. The van der Waals surface area contributed by atoms with Gasteiger partial charge in [-0.15, -0.1) is 0 Å². The number of carbonyl (C=O) groups excluding carboxylic acids is 1. The van der Waals surface area contributed by atoms with E-state index in [1.807, 2.05) is 69.3 Å². The molecule has 2 aromatic carbocycles. The smallest absolute Gasteiger partial charge is 0.407 e. The maximum absolute atomic E-state index is 11.0. The van der Waals surface area contributed by atoms with Gasteiger partial charge in [0.1, 0.15) is 18.0 Å². The van der Waals surface area contributed by atoms with Crippen molar-refractivity contribution >= 4 is 6.09 Å². The fourth-order valence-corrected chi connectivity index (χ4v) is 1.96. The molecule has 3 rings (SSSR count). The summed E-state index contributed by atoms with van der Waals surface area (Å²) in [6.07, 6.45) is 1.90. The third kappa shape index (κ3) is 8.80. The van der Waals surface area contributed by atoms with Gasteiger partial charge in [0.25, 0.3) is 0 Å². The van der Waals surface area contributed by atoms with Crippen LogP contribution in [0.1, 0.15) is 39.2 Å². The minimum Gasteiger partial charge on any atom is -0.489 e. The molecule has 25 heavy (non-hydrogen) atoms. The lowest BCUT2D eigenvalue weighted by Gasteiger charge is -2.19. The van der Waals surface area contributed by atoms with Crippen LogP contribution in [0.2, 0.25) is 0 Å². The summed E-state index contributed by atoms with van der Waals surface area (Å²) < 4.78 is 10.6. The Morgan fingerprint density at radius 3 is 2.08 bits per heavy atom. The molecule has 2 aromatic rings. The van der Waals surface area contributed by atoms with Crippen LogP contribution in [0.3, 0.4) is 0 Å². The molecule has 0 bridgehead atoms. The molecule has 0 unspecified atom stereocenters. The number of amides is 1. The first kappa shape index (κ1) is 18.8. The lowest BCUT2D eigenvalue weighted by atomic mass is 10.2. The molecule has 134 valence electrons. The molecule has 1 N–H and O–H groups in total. The van der Waals surface area contributed by atoms with E-state index in [4.69, 9.17) is 9.47 Å². The summed E-state index contributed by atoms with van der Waals surface area (Å²) in [5.74, 6) is 0.913. The molecule has 1 fully saturated rings. The van der Waals surface area contributed by atoms with Crippen molar-refractivity contribution in [2.75, 3.05) is 0 Å². The van der Waals surface area contributed by atoms with E-state index in [1.165, 1.54) is 5.56 Å². The van der Waals surface area contributed by atoms with Gasteiger partial charge < -0.3 is 14.8 Å². The Balaban J connectivity index is 0.000000186. The number of ether oxygens (including phenoxy) is 2. The van der Waals surface area contributed by atoms with E-state index >= 15 is 0 Å². The largest absolute Gasteiger partial charge is 0.489 e. The fraction of sp³-hybridized carbons (Fsp3) is 0.381. The number of alkyl carbamates (subject to hydrolysis) is 1. The zero-order chi connectivity index (χ0) is 18.1. The lowest BCUT2D eigenvalue weighted by Crippen LogP contribution is -2.33. The van der Waals surface area contributed by atoms with Gasteiger partial charge in [0.2, 0.25) is 0 Å². The van der Waals surface area contributed by atoms with Crippen molar-refractivity contribution in [1.82, 2.24) is 5.32 Å². The van der Waals surface area contributed by atoms with Gasteiger partial charge in [0.15, 0.2) is 0 Å². The summed E-state index contributed by atoms with van der Waals surface area (Å²) >= 11 is 0. The summed E-state index contributed by atoms with van der Waals surface area (Å²) in [7, 11) is 0. The number of hydrogen-bond donors (Lipinski definition) is 1.